The molecule has 106 valence electrons. The van der Waals surface area contributed by atoms with Gasteiger partial charge < -0.3 is 5.11 Å². The number of aryl methyl sites for hydroxylation is 2. The predicted octanol–water partition coefficient (Wildman–Crippen LogP) is 2.85. The third-order valence-electron chi connectivity index (χ3n) is 6.36. The molecule has 0 aromatic carbocycles. The average molecular weight is 262 g/mol. The van der Waals surface area contributed by atoms with Crippen LogP contribution in [-0.2, 0) is 13.5 Å². The van der Waals surface area contributed by atoms with Gasteiger partial charge in [-0.2, -0.15) is 5.10 Å². The van der Waals surface area contributed by atoms with Crippen molar-refractivity contribution in [2.45, 2.75) is 59.0 Å². The fourth-order valence-corrected chi connectivity index (χ4v) is 4.88. The number of rotatable bonds is 2. The standard InChI is InChI=1S/C16H26N2O/c1-11-8-13(18(5)17-11)10-16(19)14(2,3)12-6-7-15(16,4)9-12/h8,12,19H,6-7,9-10H2,1-5H3. The van der Waals surface area contributed by atoms with Gasteiger partial charge in [-0.15, -0.1) is 0 Å². The first kappa shape index (κ1) is 13.2. The van der Waals surface area contributed by atoms with Crippen LogP contribution >= 0.6 is 0 Å². The van der Waals surface area contributed by atoms with E-state index in [9.17, 15) is 5.11 Å². The van der Waals surface area contributed by atoms with E-state index in [4.69, 9.17) is 0 Å². The Morgan fingerprint density at radius 2 is 2.11 bits per heavy atom. The highest BCUT2D eigenvalue weighted by Crippen LogP contribution is 2.68. The maximum Gasteiger partial charge on any atom is 0.0809 e. The molecule has 3 nitrogen and oxygen atoms in total. The van der Waals surface area contributed by atoms with Crippen LogP contribution in [0.2, 0.25) is 0 Å². The SMILES string of the molecule is Cc1cc(CC2(O)C3(C)CCC(C3)C2(C)C)n(C)n1. The first-order chi connectivity index (χ1) is 8.70. The van der Waals surface area contributed by atoms with Crippen molar-refractivity contribution in [3.8, 4) is 0 Å². The minimum atomic E-state index is -0.608. The largest absolute Gasteiger partial charge is 0.388 e. The molecule has 3 rings (SSSR count). The van der Waals surface area contributed by atoms with E-state index in [1.54, 1.807) is 0 Å². The second-order valence-electron chi connectivity index (χ2n) is 7.66. The molecule has 3 atom stereocenters. The maximum atomic E-state index is 11.5. The van der Waals surface area contributed by atoms with Gasteiger partial charge in [0.05, 0.1) is 11.3 Å². The van der Waals surface area contributed by atoms with Gasteiger partial charge in [-0.25, -0.2) is 0 Å². The minimum absolute atomic E-state index is 0.00181. The normalized spacial score (nSPS) is 40.0. The lowest BCUT2D eigenvalue weighted by Gasteiger charge is -2.50. The molecule has 1 heterocycles. The highest BCUT2D eigenvalue weighted by atomic mass is 16.3. The predicted molar refractivity (Wildman–Crippen MR) is 75.8 cm³/mol. The molecule has 0 radical (unpaired) electrons. The van der Waals surface area contributed by atoms with Crippen LogP contribution in [-0.4, -0.2) is 20.5 Å². The molecular formula is C16H26N2O. The van der Waals surface area contributed by atoms with Gasteiger partial charge in [0.15, 0.2) is 0 Å². The molecule has 3 unspecified atom stereocenters. The summed E-state index contributed by atoms with van der Waals surface area (Å²) in [5, 5.41) is 15.9. The first-order valence-corrected chi connectivity index (χ1v) is 7.41. The highest BCUT2D eigenvalue weighted by Gasteiger charge is 2.68. The molecule has 2 fully saturated rings. The van der Waals surface area contributed by atoms with Crippen molar-refractivity contribution in [3.63, 3.8) is 0 Å². The van der Waals surface area contributed by atoms with E-state index in [1.165, 1.54) is 12.8 Å². The molecule has 1 N–H and O–H groups in total. The summed E-state index contributed by atoms with van der Waals surface area (Å²) in [5.41, 5.74) is 1.65. The molecule has 3 heteroatoms. The zero-order valence-electron chi connectivity index (χ0n) is 12.8. The Bertz CT molecular complexity index is 512. The van der Waals surface area contributed by atoms with E-state index in [1.807, 2.05) is 18.7 Å². The molecule has 2 saturated carbocycles. The van der Waals surface area contributed by atoms with Crippen LogP contribution < -0.4 is 0 Å². The van der Waals surface area contributed by atoms with Crippen LogP contribution in [0.15, 0.2) is 6.07 Å². The molecule has 2 aliphatic rings. The molecule has 0 spiro atoms. The second-order valence-corrected chi connectivity index (χ2v) is 7.66. The van der Waals surface area contributed by atoms with Crippen molar-refractivity contribution in [2.75, 3.05) is 0 Å². The molecule has 0 aliphatic heterocycles. The molecule has 0 saturated heterocycles. The molecule has 1 aromatic heterocycles. The monoisotopic (exact) mass is 262 g/mol. The minimum Gasteiger partial charge on any atom is -0.388 e. The summed E-state index contributed by atoms with van der Waals surface area (Å²) in [5.74, 6) is 0.664. The Balaban J connectivity index is 2.00. The first-order valence-electron chi connectivity index (χ1n) is 7.41. The van der Waals surface area contributed by atoms with Gasteiger partial charge in [0.1, 0.15) is 0 Å². The van der Waals surface area contributed by atoms with E-state index in [0.717, 1.165) is 24.2 Å². The summed E-state index contributed by atoms with van der Waals surface area (Å²) < 4.78 is 1.93. The second kappa shape index (κ2) is 3.63. The van der Waals surface area contributed by atoms with Gasteiger partial charge >= 0.3 is 0 Å². The highest BCUT2D eigenvalue weighted by molar-refractivity contribution is 5.23. The number of hydrogen-bond donors (Lipinski definition) is 1. The van der Waals surface area contributed by atoms with Crippen LogP contribution in [0.1, 0.15) is 51.4 Å². The molecular weight excluding hydrogens is 236 g/mol. The van der Waals surface area contributed by atoms with Crippen molar-refractivity contribution in [1.82, 2.24) is 9.78 Å². The van der Waals surface area contributed by atoms with E-state index in [0.29, 0.717) is 5.92 Å². The quantitative estimate of drug-likeness (QED) is 0.890. The van der Waals surface area contributed by atoms with E-state index >= 15 is 0 Å². The van der Waals surface area contributed by atoms with Gasteiger partial charge in [0.2, 0.25) is 0 Å². The number of aliphatic hydroxyl groups is 1. The van der Waals surface area contributed by atoms with E-state index in [2.05, 4.69) is 31.9 Å². The Morgan fingerprint density at radius 1 is 1.42 bits per heavy atom. The van der Waals surface area contributed by atoms with Crippen molar-refractivity contribution in [2.24, 2.45) is 23.8 Å². The van der Waals surface area contributed by atoms with Crippen LogP contribution in [0.3, 0.4) is 0 Å². The number of aromatic nitrogens is 2. The van der Waals surface area contributed by atoms with Gasteiger partial charge in [0.25, 0.3) is 0 Å². The zero-order valence-corrected chi connectivity index (χ0v) is 12.8. The molecule has 2 bridgehead atoms. The number of nitrogens with zero attached hydrogens (tertiary/aromatic N) is 2. The summed E-state index contributed by atoms with van der Waals surface area (Å²) >= 11 is 0. The maximum absolute atomic E-state index is 11.5. The summed E-state index contributed by atoms with van der Waals surface area (Å²) in [6.07, 6.45) is 4.34. The summed E-state index contributed by atoms with van der Waals surface area (Å²) in [4.78, 5) is 0. The number of hydrogen-bond acceptors (Lipinski definition) is 2. The van der Waals surface area contributed by atoms with Gasteiger partial charge in [-0.3, -0.25) is 4.68 Å². The lowest BCUT2D eigenvalue weighted by molar-refractivity contribution is -0.142. The lowest BCUT2D eigenvalue weighted by atomic mass is 9.59. The summed E-state index contributed by atoms with van der Waals surface area (Å²) in [6.45, 7) is 8.81. The van der Waals surface area contributed by atoms with Crippen molar-refractivity contribution in [1.29, 1.82) is 0 Å². The Morgan fingerprint density at radius 3 is 2.58 bits per heavy atom. The lowest BCUT2D eigenvalue weighted by Crippen LogP contribution is -2.55. The topological polar surface area (TPSA) is 38.0 Å². The molecule has 1 aromatic rings. The van der Waals surface area contributed by atoms with E-state index in [-0.39, 0.29) is 10.8 Å². The van der Waals surface area contributed by atoms with Crippen LogP contribution in [0, 0.1) is 23.7 Å². The fraction of sp³-hybridized carbons (Fsp3) is 0.812. The van der Waals surface area contributed by atoms with Crippen molar-refractivity contribution < 1.29 is 5.11 Å². The van der Waals surface area contributed by atoms with Gasteiger partial charge in [0, 0.05) is 19.2 Å². The van der Waals surface area contributed by atoms with E-state index < -0.39 is 5.60 Å². The third kappa shape index (κ3) is 1.51. The van der Waals surface area contributed by atoms with Crippen LogP contribution in [0.25, 0.3) is 0 Å². The average Bonchev–Trinajstić information content (AvgIpc) is 2.86. The molecule has 0 amide bonds. The summed E-state index contributed by atoms with van der Waals surface area (Å²) in [6, 6.07) is 2.11. The van der Waals surface area contributed by atoms with Gasteiger partial charge in [-0.05, 0) is 49.0 Å². The smallest absolute Gasteiger partial charge is 0.0809 e. The zero-order chi connectivity index (χ0) is 14.1. The van der Waals surface area contributed by atoms with Crippen molar-refractivity contribution in [3.05, 3.63) is 17.5 Å². The Hall–Kier alpha value is -0.830. The van der Waals surface area contributed by atoms with Crippen LogP contribution in [0.4, 0.5) is 0 Å². The van der Waals surface area contributed by atoms with Gasteiger partial charge in [-0.1, -0.05) is 20.8 Å². The summed E-state index contributed by atoms with van der Waals surface area (Å²) in [7, 11) is 1.98. The molecule has 2 aliphatic carbocycles. The third-order valence-corrected chi connectivity index (χ3v) is 6.36. The fourth-order valence-electron chi connectivity index (χ4n) is 4.88. The Kier molecular flexibility index (Phi) is 2.52. The van der Waals surface area contributed by atoms with Crippen LogP contribution in [0.5, 0.6) is 0 Å². The van der Waals surface area contributed by atoms with Crippen molar-refractivity contribution >= 4 is 0 Å². The molecule has 19 heavy (non-hydrogen) atoms. The Labute approximate surface area is 116 Å². The number of fused-ring (bicyclic) bond motifs is 2.